The lowest BCUT2D eigenvalue weighted by Crippen LogP contribution is -2.40. The zero-order valence-corrected chi connectivity index (χ0v) is 22.2. The van der Waals surface area contributed by atoms with Gasteiger partial charge in [-0.25, -0.2) is 4.99 Å². The monoisotopic (exact) mass is 569 g/mol. The summed E-state index contributed by atoms with van der Waals surface area (Å²) in [5, 5.41) is 6.77. The SMILES string of the molecule is CCNC(=NCc1cccc(CN2CCCC(C(N)=O)C2)c1)NCc1ccc(CC)s1.I. The summed E-state index contributed by atoms with van der Waals surface area (Å²) in [6, 6.07) is 13.0. The fourth-order valence-corrected chi connectivity index (χ4v) is 4.80. The van der Waals surface area contributed by atoms with Crippen LogP contribution in [0.4, 0.5) is 0 Å². The molecule has 0 saturated carbocycles. The van der Waals surface area contributed by atoms with Crippen LogP contribution in [-0.4, -0.2) is 36.4 Å². The summed E-state index contributed by atoms with van der Waals surface area (Å²) in [6.45, 7) is 9.12. The van der Waals surface area contributed by atoms with Crippen LogP contribution in [0.3, 0.4) is 0 Å². The van der Waals surface area contributed by atoms with Gasteiger partial charge in [0, 0.05) is 29.4 Å². The maximum atomic E-state index is 11.5. The highest BCUT2D eigenvalue weighted by molar-refractivity contribution is 14.0. The smallest absolute Gasteiger partial charge is 0.221 e. The van der Waals surface area contributed by atoms with Gasteiger partial charge in [-0.05, 0) is 56.0 Å². The normalized spacial score (nSPS) is 16.9. The van der Waals surface area contributed by atoms with Crippen molar-refractivity contribution in [3.8, 4) is 0 Å². The van der Waals surface area contributed by atoms with Crippen LogP contribution in [0.5, 0.6) is 0 Å². The van der Waals surface area contributed by atoms with Crippen molar-refractivity contribution in [3.63, 3.8) is 0 Å². The van der Waals surface area contributed by atoms with E-state index in [2.05, 4.69) is 65.8 Å². The predicted molar refractivity (Wildman–Crippen MR) is 144 cm³/mol. The van der Waals surface area contributed by atoms with Gasteiger partial charge in [0.15, 0.2) is 5.96 Å². The second-order valence-electron chi connectivity index (χ2n) is 8.07. The molecule has 1 fully saturated rings. The third kappa shape index (κ3) is 8.37. The van der Waals surface area contributed by atoms with Crippen molar-refractivity contribution in [2.45, 2.75) is 52.7 Å². The Bertz CT molecular complexity index is 885. The number of aryl methyl sites for hydroxylation is 1. The zero-order chi connectivity index (χ0) is 22.1. The first-order valence-electron chi connectivity index (χ1n) is 11.3. The van der Waals surface area contributed by atoms with E-state index in [9.17, 15) is 4.79 Å². The first-order chi connectivity index (χ1) is 15.1. The molecule has 1 amide bonds. The van der Waals surface area contributed by atoms with Crippen molar-refractivity contribution in [2.24, 2.45) is 16.6 Å². The Morgan fingerprint density at radius 2 is 1.97 bits per heavy atom. The third-order valence-corrected chi connectivity index (χ3v) is 6.79. The number of primary amides is 1. The average molecular weight is 570 g/mol. The van der Waals surface area contributed by atoms with Crippen molar-refractivity contribution in [1.29, 1.82) is 0 Å². The Morgan fingerprint density at radius 1 is 1.19 bits per heavy atom. The van der Waals surface area contributed by atoms with Crippen molar-refractivity contribution in [3.05, 3.63) is 57.3 Å². The topological polar surface area (TPSA) is 82.8 Å². The van der Waals surface area contributed by atoms with Crippen molar-refractivity contribution >= 4 is 47.2 Å². The van der Waals surface area contributed by atoms with E-state index in [1.54, 1.807) is 0 Å². The number of guanidine groups is 1. The van der Waals surface area contributed by atoms with Gasteiger partial charge in [-0.1, -0.05) is 31.2 Å². The Kier molecular flexibility index (Phi) is 11.5. The van der Waals surface area contributed by atoms with Crippen molar-refractivity contribution in [2.75, 3.05) is 19.6 Å². The molecule has 0 radical (unpaired) electrons. The molecule has 0 spiro atoms. The van der Waals surface area contributed by atoms with Crippen LogP contribution in [0.1, 0.15) is 47.6 Å². The van der Waals surface area contributed by atoms with E-state index in [1.807, 2.05) is 11.3 Å². The fourth-order valence-electron chi connectivity index (χ4n) is 3.91. The zero-order valence-electron chi connectivity index (χ0n) is 19.1. The molecule has 2 aromatic rings. The minimum atomic E-state index is -0.176. The summed E-state index contributed by atoms with van der Waals surface area (Å²) in [7, 11) is 0. The molecule has 6 nitrogen and oxygen atoms in total. The molecule has 1 saturated heterocycles. The van der Waals surface area contributed by atoms with Gasteiger partial charge >= 0.3 is 0 Å². The van der Waals surface area contributed by atoms with E-state index < -0.39 is 0 Å². The fraction of sp³-hybridized carbons (Fsp3) is 0.500. The van der Waals surface area contributed by atoms with Gasteiger partial charge < -0.3 is 16.4 Å². The van der Waals surface area contributed by atoms with E-state index in [0.29, 0.717) is 6.54 Å². The Morgan fingerprint density at radius 3 is 2.69 bits per heavy atom. The number of nitrogens with two attached hydrogens (primary N) is 1. The van der Waals surface area contributed by atoms with E-state index in [4.69, 9.17) is 10.7 Å². The second-order valence-corrected chi connectivity index (χ2v) is 9.32. The summed E-state index contributed by atoms with van der Waals surface area (Å²) in [5.74, 6) is 0.636. The summed E-state index contributed by atoms with van der Waals surface area (Å²) < 4.78 is 0. The largest absolute Gasteiger partial charge is 0.369 e. The minimum absolute atomic E-state index is 0. The predicted octanol–water partition coefficient (Wildman–Crippen LogP) is 3.88. The van der Waals surface area contributed by atoms with Gasteiger partial charge in [0.2, 0.25) is 5.91 Å². The second kappa shape index (κ2) is 13.8. The number of hydrogen-bond acceptors (Lipinski definition) is 4. The molecule has 1 aromatic carbocycles. The highest BCUT2D eigenvalue weighted by atomic mass is 127. The summed E-state index contributed by atoms with van der Waals surface area (Å²) in [6.07, 6.45) is 3.01. The van der Waals surface area contributed by atoms with E-state index in [-0.39, 0.29) is 35.8 Å². The molecule has 1 aliphatic heterocycles. The molecule has 176 valence electrons. The summed E-state index contributed by atoms with van der Waals surface area (Å²) in [5.41, 5.74) is 7.95. The van der Waals surface area contributed by atoms with Crippen LogP contribution in [-0.2, 0) is 30.8 Å². The number of amides is 1. The number of nitrogens with zero attached hydrogens (tertiary/aromatic N) is 2. The quantitative estimate of drug-likeness (QED) is 0.243. The maximum absolute atomic E-state index is 11.5. The number of halogens is 1. The van der Waals surface area contributed by atoms with Gasteiger partial charge in [0.25, 0.3) is 0 Å². The molecule has 1 aliphatic rings. The highest BCUT2D eigenvalue weighted by Gasteiger charge is 2.23. The minimum Gasteiger partial charge on any atom is -0.369 e. The molecule has 4 N–H and O–H groups in total. The summed E-state index contributed by atoms with van der Waals surface area (Å²) in [4.78, 5) is 21.4. The Labute approximate surface area is 213 Å². The standard InChI is InChI=1S/C24H35N5OS.HI/c1-3-21-10-11-22(31-21)15-28-24(26-4-2)27-14-18-7-5-8-19(13-18)16-29-12-6-9-20(17-29)23(25)30;/h5,7-8,10-11,13,20H,3-4,6,9,12,14-17H2,1-2H3,(H2,25,30)(H2,26,27,28);1H. The lowest BCUT2D eigenvalue weighted by molar-refractivity contribution is -0.123. The lowest BCUT2D eigenvalue weighted by Gasteiger charge is -2.31. The van der Waals surface area contributed by atoms with Crippen LogP contribution in [0.2, 0.25) is 0 Å². The molecule has 0 aliphatic carbocycles. The maximum Gasteiger partial charge on any atom is 0.221 e. The molecule has 3 rings (SSSR count). The number of nitrogens with one attached hydrogen (secondary N) is 2. The van der Waals surface area contributed by atoms with Gasteiger partial charge in [0.1, 0.15) is 0 Å². The number of carbonyl (C=O) groups excluding carboxylic acids is 1. The third-order valence-electron chi connectivity index (χ3n) is 5.57. The molecular weight excluding hydrogens is 533 g/mol. The van der Waals surface area contributed by atoms with Gasteiger partial charge in [0.05, 0.1) is 19.0 Å². The van der Waals surface area contributed by atoms with Gasteiger partial charge in [-0.2, -0.15) is 0 Å². The first kappa shape index (κ1) is 26.6. The number of rotatable bonds is 9. The Hall–Kier alpha value is -1.65. The molecule has 1 aromatic heterocycles. The van der Waals surface area contributed by atoms with E-state index >= 15 is 0 Å². The number of likely N-dealkylation sites (tertiary alicyclic amines) is 1. The molecule has 1 unspecified atom stereocenters. The average Bonchev–Trinajstić information content (AvgIpc) is 3.24. The lowest BCUT2D eigenvalue weighted by atomic mass is 9.97. The molecule has 2 heterocycles. The highest BCUT2D eigenvalue weighted by Crippen LogP contribution is 2.19. The molecular formula is C24H36IN5OS. The van der Waals surface area contributed by atoms with E-state index in [0.717, 1.165) is 57.9 Å². The number of aliphatic imine (C=N–C) groups is 1. The van der Waals surface area contributed by atoms with Crippen LogP contribution >= 0.6 is 35.3 Å². The molecule has 32 heavy (non-hydrogen) atoms. The van der Waals surface area contributed by atoms with E-state index in [1.165, 1.54) is 20.9 Å². The summed E-state index contributed by atoms with van der Waals surface area (Å²) >= 11 is 1.85. The van der Waals surface area contributed by atoms with Crippen LogP contribution < -0.4 is 16.4 Å². The molecule has 8 heteroatoms. The van der Waals surface area contributed by atoms with Gasteiger partial charge in [-0.3, -0.25) is 9.69 Å². The number of benzene rings is 1. The molecule has 0 bridgehead atoms. The number of thiophene rings is 1. The van der Waals surface area contributed by atoms with Crippen molar-refractivity contribution < 1.29 is 4.79 Å². The van der Waals surface area contributed by atoms with Crippen LogP contribution in [0.15, 0.2) is 41.4 Å². The number of hydrogen-bond donors (Lipinski definition) is 3. The van der Waals surface area contributed by atoms with Gasteiger partial charge in [-0.15, -0.1) is 35.3 Å². The van der Waals surface area contributed by atoms with Crippen LogP contribution in [0, 0.1) is 5.92 Å². The molecule has 1 atom stereocenters. The number of carbonyl (C=O) groups is 1. The number of piperidine rings is 1. The van der Waals surface area contributed by atoms with Crippen LogP contribution in [0.25, 0.3) is 0 Å². The first-order valence-corrected chi connectivity index (χ1v) is 12.1. The Balaban J connectivity index is 0.00000363. The van der Waals surface area contributed by atoms with Crippen molar-refractivity contribution in [1.82, 2.24) is 15.5 Å².